The maximum atomic E-state index is 14.7. The lowest BCUT2D eigenvalue weighted by Gasteiger charge is -2.34. The molecule has 14 heteroatoms. The van der Waals surface area contributed by atoms with Crippen LogP contribution in [0, 0.1) is 5.82 Å². The zero-order valence-corrected chi connectivity index (χ0v) is 21.3. The van der Waals surface area contributed by atoms with Crippen molar-refractivity contribution in [2.24, 2.45) is 0 Å². The Morgan fingerprint density at radius 3 is 2.24 bits per heavy atom. The van der Waals surface area contributed by atoms with Gasteiger partial charge in [0.1, 0.15) is 19.0 Å². The minimum Gasteiger partial charge on any atom is -0.374 e. The molecule has 0 saturated carbocycles. The summed E-state index contributed by atoms with van der Waals surface area (Å²) < 4.78 is 67.0. The average molecular weight is 578 g/mol. The summed E-state index contributed by atoms with van der Waals surface area (Å²) in [5.41, 5.74) is -3.63. The smallest absolute Gasteiger partial charge is 0.374 e. The molecule has 1 aliphatic rings. The maximum Gasteiger partial charge on any atom is 0.424 e. The molecular weight excluding hydrogens is 553 g/mol. The number of benzene rings is 2. The number of nitrogens with one attached hydrogen (secondary N) is 2. The first kappa shape index (κ1) is 29.4. The standard InChI is InChI=1S/C27H24F5N5O4/c28-16-26(41,27(30,31)32)19-4-1-17(2-5-19)14-36-11-12-37(15-23(36)38)24(39)18-3-6-22(21(29)13-18)35-25(40)34-20-7-9-33-10-8-20/h1-10,13,41H,11-12,14-16H2,(H2,33,34,35,40). The number of amides is 4. The molecule has 1 fully saturated rings. The summed E-state index contributed by atoms with van der Waals surface area (Å²) in [6, 6.07) is 10.3. The van der Waals surface area contributed by atoms with Gasteiger partial charge in [-0.1, -0.05) is 24.3 Å². The van der Waals surface area contributed by atoms with E-state index < -0.39 is 47.7 Å². The molecule has 1 saturated heterocycles. The predicted octanol–water partition coefficient (Wildman–Crippen LogP) is 4.07. The number of alkyl halides is 4. The van der Waals surface area contributed by atoms with E-state index in [-0.39, 0.29) is 37.4 Å². The van der Waals surface area contributed by atoms with Crippen LogP contribution in [0.5, 0.6) is 0 Å². The normalized spacial score (nSPS) is 15.3. The Kier molecular flexibility index (Phi) is 8.52. The average Bonchev–Trinajstić information content (AvgIpc) is 2.94. The Hall–Kier alpha value is -4.59. The zero-order valence-electron chi connectivity index (χ0n) is 21.3. The molecule has 1 unspecified atom stereocenters. The van der Waals surface area contributed by atoms with Gasteiger partial charge in [-0.2, -0.15) is 13.2 Å². The van der Waals surface area contributed by atoms with Crippen LogP contribution in [0.15, 0.2) is 67.0 Å². The van der Waals surface area contributed by atoms with Crippen molar-refractivity contribution in [1.29, 1.82) is 0 Å². The highest BCUT2D eigenvalue weighted by Gasteiger charge is 2.55. The lowest BCUT2D eigenvalue weighted by molar-refractivity contribution is -0.271. The van der Waals surface area contributed by atoms with Crippen molar-refractivity contribution >= 4 is 29.2 Å². The van der Waals surface area contributed by atoms with Gasteiger partial charge in [-0.15, -0.1) is 0 Å². The first-order chi connectivity index (χ1) is 19.4. The van der Waals surface area contributed by atoms with Crippen LogP contribution in [-0.4, -0.2) is 70.2 Å². The van der Waals surface area contributed by atoms with Gasteiger partial charge in [0.25, 0.3) is 5.91 Å². The van der Waals surface area contributed by atoms with Gasteiger partial charge in [-0.05, 0) is 41.5 Å². The summed E-state index contributed by atoms with van der Waals surface area (Å²) in [5, 5.41) is 14.6. The fraction of sp³-hybridized carbons (Fsp3) is 0.259. The van der Waals surface area contributed by atoms with Crippen LogP contribution in [0.4, 0.5) is 38.1 Å². The second-order valence-electron chi connectivity index (χ2n) is 9.24. The van der Waals surface area contributed by atoms with Crippen LogP contribution >= 0.6 is 0 Å². The largest absolute Gasteiger partial charge is 0.424 e. The number of hydrogen-bond donors (Lipinski definition) is 3. The molecule has 0 radical (unpaired) electrons. The summed E-state index contributed by atoms with van der Waals surface area (Å²) in [6.45, 7) is -2.15. The molecule has 1 atom stereocenters. The molecular formula is C27H24F5N5O4. The van der Waals surface area contributed by atoms with E-state index in [0.29, 0.717) is 11.3 Å². The fourth-order valence-electron chi connectivity index (χ4n) is 4.12. The van der Waals surface area contributed by atoms with Gasteiger partial charge in [-0.3, -0.25) is 14.6 Å². The second kappa shape index (κ2) is 11.9. The van der Waals surface area contributed by atoms with E-state index >= 15 is 0 Å². The molecule has 2 heterocycles. The number of carbonyl (C=O) groups is 3. The van der Waals surface area contributed by atoms with Crippen LogP contribution in [0.3, 0.4) is 0 Å². The highest BCUT2D eigenvalue weighted by molar-refractivity contribution is 6.01. The van der Waals surface area contributed by atoms with E-state index in [1.54, 1.807) is 12.1 Å². The molecule has 0 aliphatic carbocycles. The molecule has 0 bridgehead atoms. The molecule has 0 spiro atoms. The van der Waals surface area contributed by atoms with Crippen molar-refractivity contribution in [3.05, 3.63) is 89.5 Å². The minimum atomic E-state index is -5.21. The van der Waals surface area contributed by atoms with Crippen molar-refractivity contribution in [3.8, 4) is 0 Å². The van der Waals surface area contributed by atoms with Crippen molar-refractivity contribution in [2.45, 2.75) is 18.3 Å². The summed E-state index contributed by atoms with van der Waals surface area (Å²) in [4.78, 5) is 44.2. The van der Waals surface area contributed by atoms with Crippen LogP contribution in [-0.2, 0) is 16.9 Å². The van der Waals surface area contributed by atoms with Gasteiger partial charge in [0.2, 0.25) is 11.5 Å². The third-order valence-electron chi connectivity index (χ3n) is 6.48. The Labute approximate surface area is 230 Å². The number of aromatic nitrogens is 1. The summed E-state index contributed by atoms with van der Waals surface area (Å²) in [7, 11) is 0. The molecule has 41 heavy (non-hydrogen) atoms. The topological polar surface area (TPSA) is 115 Å². The first-order valence-corrected chi connectivity index (χ1v) is 12.2. The zero-order chi connectivity index (χ0) is 29.8. The van der Waals surface area contributed by atoms with Crippen LogP contribution in [0.2, 0.25) is 0 Å². The molecule has 2 aromatic carbocycles. The maximum absolute atomic E-state index is 14.7. The quantitative estimate of drug-likeness (QED) is 0.367. The van der Waals surface area contributed by atoms with Gasteiger partial charge >= 0.3 is 12.2 Å². The SMILES string of the molecule is O=C(Nc1ccncc1)Nc1ccc(C(=O)N2CCN(Cc3ccc(C(O)(CF)C(F)(F)F)cc3)C(=O)C2)cc1F. The number of urea groups is 1. The Balaban J connectivity index is 1.34. The number of rotatable bonds is 7. The van der Waals surface area contributed by atoms with Crippen LogP contribution in [0.1, 0.15) is 21.5 Å². The predicted molar refractivity (Wildman–Crippen MR) is 137 cm³/mol. The first-order valence-electron chi connectivity index (χ1n) is 12.2. The number of piperazine rings is 1. The summed E-state index contributed by atoms with van der Waals surface area (Å²) in [6.07, 6.45) is -2.28. The molecule has 4 amide bonds. The minimum absolute atomic E-state index is 0.0117. The third-order valence-corrected chi connectivity index (χ3v) is 6.48. The molecule has 3 aromatic rings. The van der Waals surface area contributed by atoms with E-state index in [2.05, 4.69) is 15.6 Å². The number of pyridine rings is 1. The van der Waals surface area contributed by atoms with Gasteiger partial charge in [-0.25, -0.2) is 13.6 Å². The highest BCUT2D eigenvalue weighted by atomic mass is 19.4. The molecule has 4 rings (SSSR count). The molecule has 1 aromatic heterocycles. The Morgan fingerprint density at radius 2 is 1.66 bits per heavy atom. The molecule has 3 N–H and O–H groups in total. The number of halogens is 5. The van der Waals surface area contributed by atoms with E-state index in [9.17, 15) is 41.4 Å². The van der Waals surface area contributed by atoms with Crippen molar-refractivity contribution < 1.29 is 41.4 Å². The van der Waals surface area contributed by atoms with Crippen LogP contribution in [0.25, 0.3) is 0 Å². The monoisotopic (exact) mass is 577 g/mol. The third kappa shape index (κ3) is 6.60. The molecule has 9 nitrogen and oxygen atoms in total. The number of carbonyl (C=O) groups excluding carboxylic acids is 3. The van der Waals surface area contributed by atoms with Gasteiger partial charge in [0.05, 0.1) is 5.69 Å². The van der Waals surface area contributed by atoms with Crippen molar-refractivity contribution in [3.63, 3.8) is 0 Å². The Bertz CT molecular complexity index is 1420. The van der Waals surface area contributed by atoms with E-state index in [0.717, 1.165) is 18.2 Å². The lowest BCUT2D eigenvalue weighted by Crippen LogP contribution is -2.51. The lowest BCUT2D eigenvalue weighted by atomic mass is 9.93. The van der Waals surface area contributed by atoms with Gasteiger partial charge in [0.15, 0.2) is 0 Å². The van der Waals surface area contributed by atoms with Gasteiger partial charge < -0.3 is 25.5 Å². The summed E-state index contributed by atoms with van der Waals surface area (Å²) >= 11 is 0. The number of anilines is 2. The van der Waals surface area contributed by atoms with Crippen molar-refractivity contribution in [1.82, 2.24) is 14.8 Å². The van der Waals surface area contributed by atoms with E-state index in [1.165, 1.54) is 46.5 Å². The van der Waals surface area contributed by atoms with Gasteiger partial charge in [0, 0.05) is 43.3 Å². The molecule has 1 aliphatic heterocycles. The highest BCUT2D eigenvalue weighted by Crippen LogP contribution is 2.39. The fourth-order valence-corrected chi connectivity index (χ4v) is 4.12. The Morgan fingerprint density at radius 1 is 0.976 bits per heavy atom. The second-order valence-corrected chi connectivity index (χ2v) is 9.24. The van der Waals surface area contributed by atoms with Crippen molar-refractivity contribution in [2.75, 3.05) is 36.9 Å². The summed E-state index contributed by atoms with van der Waals surface area (Å²) in [5.74, 6) is -1.92. The number of nitrogens with zero attached hydrogens (tertiary/aromatic N) is 3. The molecule has 216 valence electrons. The van der Waals surface area contributed by atoms with E-state index in [1.807, 2.05) is 0 Å². The van der Waals surface area contributed by atoms with Crippen LogP contribution < -0.4 is 10.6 Å². The number of hydrogen-bond acceptors (Lipinski definition) is 5. The number of aliphatic hydroxyl groups is 1. The van der Waals surface area contributed by atoms with E-state index in [4.69, 9.17) is 0 Å².